The van der Waals surface area contributed by atoms with Crippen molar-refractivity contribution in [1.82, 2.24) is 4.90 Å². The number of aryl methyl sites for hydroxylation is 1. The highest BCUT2D eigenvalue weighted by atomic mass is 16.5. The molecule has 0 spiro atoms. The van der Waals surface area contributed by atoms with Gasteiger partial charge in [0.15, 0.2) is 0 Å². The standard InChI is InChI=1S/C14H17NO4/c1-9-3-4-12(19-2)11(5-9)14(18)15-7-10(8-15)6-13(16)17/h3-5,10H,6-8H2,1-2H3,(H,16,17). The fourth-order valence-corrected chi connectivity index (χ4v) is 2.27. The zero-order valence-electron chi connectivity index (χ0n) is 11.0. The average molecular weight is 263 g/mol. The number of amides is 1. The number of carboxylic acid groups (broad SMARTS) is 1. The number of carbonyl (C=O) groups excluding carboxylic acids is 1. The Labute approximate surface area is 111 Å². The number of likely N-dealkylation sites (tertiary alicyclic amines) is 1. The SMILES string of the molecule is COc1ccc(C)cc1C(=O)N1CC(CC(=O)O)C1. The van der Waals surface area contributed by atoms with E-state index in [0.29, 0.717) is 24.4 Å². The topological polar surface area (TPSA) is 66.8 Å². The number of carboxylic acids is 1. The Morgan fingerprint density at radius 1 is 1.42 bits per heavy atom. The van der Waals surface area contributed by atoms with E-state index in [4.69, 9.17) is 9.84 Å². The molecule has 1 aliphatic heterocycles. The number of rotatable bonds is 4. The molecule has 102 valence electrons. The molecule has 0 aromatic heterocycles. The number of methoxy groups -OCH3 is 1. The van der Waals surface area contributed by atoms with Crippen LogP contribution in [0.5, 0.6) is 5.75 Å². The van der Waals surface area contributed by atoms with Gasteiger partial charge in [-0.3, -0.25) is 9.59 Å². The van der Waals surface area contributed by atoms with Crippen molar-refractivity contribution in [2.45, 2.75) is 13.3 Å². The molecular weight excluding hydrogens is 246 g/mol. The molecule has 1 amide bonds. The molecule has 1 N–H and O–H groups in total. The van der Waals surface area contributed by atoms with E-state index in [-0.39, 0.29) is 18.2 Å². The summed E-state index contributed by atoms with van der Waals surface area (Å²) in [5.74, 6) is -0.290. The fourth-order valence-electron chi connectivity index (χ4n) is 2.27. The summed E-state index contributed by atoms with van der Waals surface area (Å²) in [6, 6.07) is 5.46. The summed E-state index contributed by atoms with van der Waals surface area (Å²) in [6.45, 7) is 2.92. The Morgan fingerprint density at radius 2 is 2.11 bits per heavy atom. The molecule has 1 aromatic carbocycles. The van der Waals surface area contributed by atoms with Crippen molar-refractivity contribution in [3.63, 3.8) is 0 Å². The number of nitrogens with zero attached hydrogens (tertiary/aromatic N) is 1. The third-order valence-electron chi connectivity index (χ3n) is 3.29. The van der Waals surface area contributed by atoms with Crippen molar-refractivity contribution < 1.29 is 19.4 Å². The van der Waals surface area contributed by atoms with Crippen molar-refractivity contribution in [3.8, 4) is 5.75 Å². The van der Waals surface area contributed by atoms with Crippen LogP contribution >= 0.6 is 0 Å². The van der Waals surface area contributed by atoms with Crippen LogP contribution in [0, 0.1) is 12.8 Å². The van der Waals surface area contributed by atoms with Gasteiger partial charge in [-0.25, -0.2) is 0 Å². The van der Waals surface area contributed by atoms with E-state index in [2.05, 4.69) is 0 Å². The van der Waals surface area contributed by atoms with Crippen LogP contribution in [0.4, 0.5) is 0 Å². The Bertz CT molecular complexity index is 506. The van der Waals surface area contributed by atoms with E-state index in [1.165, 1.54) is 7.11 Å². The van der Waals surface area contributed by atoms with E-state index in [9.17, 15) is 9.59 Å². The molecule has 2 rings (SSSR count). The van der Waals surface area contributed by atoms with Gasteiger partial charge in [-0.2, -0.15) is 0 Å². The lowest BCUT2D eigenvalue weighted by atomic mass is 9.95. The maximum absolute atomic E-state index is 12.3. The lowest BCUT2D eigenvalue weighted by Crippen LogP contribution is -2.50. The van der Waals surface area contributed by atoms with Crippen molar-refractivity contribution in [1.29, 1.82) is 0 Å². The van der Waals surface area contributed by atoms with Gasteiger partial charge in [-0.05, 0) is 19.1 Å². The molecule has 1 saturated heterocycles. The fraction of sp³-hybridized carbons (Fsp3) is 0.429. The molecule has 0 unspecified atom stereocenters. The first-order valence-corrected chi connectivity index (χ1v) is 6.17. The van der Waals surface area contributed by atoms with Gasteiger partial charge in [-0.1, -0.05) is 11.6 Å². The van der Waals surface area contributed by atoms with Crippen LogP contribution in [0.15, 0.2) is 18.2 Å². The van der Waals surface area contributed by atoms with Crippen LogP contribution in [0.2, 0.25) is 0 Å². The molecule has 19 heavy (non-hydrogen) atoms. The summed E-state index contributed by atoms with van der Waals surface area (Å²) < 4.78 is 5.19. The minimum absolute atomic E-state index is 0.0669. The number of ether oxygens (including phenoxy) is 1. The minimum atomic E-state index is -0.815. The van der Waals surface area contributed by atoms with Gasteiger partial charge in [0.05, 0.1) is 19.1 Å². The first-order valence-electron chi connectivity index (χ1n) is 6.17. The summed E-state index contributed by atoms with van der Waals surface area (Å²) in [4.78, 5) is 24.5. The van der Waals surface area contributed by atoms with Crippen molar-refractivity contribution >= 4 is 11.9 Å². The normalized spacial score (nSPS) is 14.9. The molecular formula is C14H17NO4. The zero-order chi connectivity index (χ0) is 14.0. The molecule has 0 bridgehead atoms. The van der Waals surface area contributed by atoms with Gasteiger partial charge in [0.25, 0.3) is 5.91 Å². The molecule has 1 fully saturated rings. The van der Waals surface area contributed by atoms with Crippen LogP contribution in [-0.2, 0) is 4.79 Å². The molecule has 0 radical (unpaired) electrons. The van der Waals surface area contributed by atoms with E-state index >= 15 is 0 Å². The number of aliphatic carboxylic acids is 1. The van der Waals surface area contributed by atoms with Gasteiger partial charge >= 0.3 is 5.97 Å². The maximum Gasteiger partial charge on any atom is 0.303 e. The molecule has 0 aliphatic carbocycles. The van der Waals surface area contributed by atoms with Crippen molar-refractivity contribution in [2.75, 3.05) is 20.2 Å². The highest BCUT2D eigenvalue weighted by Crippen LogP contribution is 2.26. The zero-order valence-corrected chi connectivity index (χ0v) is 11.0. The predicted octanol–water partition coefficient (Wildman–Crippen LogP) is 1.55. The van der Waals surface area contributed by atoms with Gasteiger partial charge in [0.1, 0.15) is 5.75 Å². The second-order valence-corrected chi connectivity index (χ2v) is 4.88. The second-order valence-electron chi connectivity index (χ2n) is 4.88. The van der Waals surface area contributed by atoms with Crippen molar-refractivity contribution in [2.24, 2.45) is 5.92 Å². The minimum Gasteiger partial charge on any atom is -0.496 e. The number of carbonyl (C=O) groups is 2. The van der Waals surface area contributed by atoms with E-state index in [1.54, 1.807) is 17.0 Å². The Kier molecular flexibility index (Phi) is 3.74. The lowest BCUT2D eigenvalue weighted by molar-refractivity contribution is -0.139. The molecule has 1 aliphatic rings. The molecule has 5 nitrogen and oxygen atoms in total. The lowest BCUT2D eigenvalue weighted by Gasteiger charge is -2.38. The summed E-state index contributed by atoms with van der Waals surface area (Å²) in [5.41, 5.74) is 1.53. The maximum atomic E-state index is 12.3. The smallest absolute Gasteiger partial charge is 0.303 e. The Hall–Kier alpha value is -2.04. The molecule has 1 aromatic rings. The molecule has 5 heteroatoms. The first-order chi connectivity index (χ1) is 9.01. The van der Waals surface area contributed by atoms with E-state index < -0.39 is 5.97 Å². The van der Waals surface area contributed by atoms with Crippen LogP contribution in [0.3, 0.4) is 0 Å². The van der Waals surface area contributed by atoms with Gasteiger partial charge in [-0.15, -0.1) is 0 Å². The largest absolute Gasteiger partial charge is 0.496 e. The third kappa shape index (κ3) is 2.86. The van der Waals surface area contributed by atoms with Crippen LogP contribution in [0.1, 0.15) is 22.3 Å². The number of benzene rings is 1. The molecule has 1 heterocycles. The first kappa shape index (κ1) is 13.4. The highest BCUT2D eigenvalue weighted by Gasteiger charge is 2.33. The molecule has 0 saturated carbocycles. The summed E-state index contributed by atoms with van der Waals surface area (Å²) >= 11 is 0. The van der Waals surface area contributed by atoms with Crippen LogP contribution in [0.25, 0.3) is 0 Å². The molecule has 0 atom stereocenters. The van der Waals surface area contributed by atoms with Crippen LogP contribution in [-0.4, -0.2) is 42.1 Å². The van der Waals surface area contributed by atoms with Gasteiger partial charge < -0.3 is 14.7 Å². The summed E-state index contributed by atoms with van der Waals surface area (Å²) in [5, 5.41) is 8.69. The van der Waals surface area contributed by atoms with Gasteiger partial charge in [0, 0.05) is 19.0 Å². The summed E-state index contributed by atoms with van der Waals surface area (Å²) in [6.07, 6.45) is 0.120. The Balaban J connectivity index is 2.05. The second kappa shape index (κ2) is 5.30. The monoisotopic (exact) mass is 263 g/mol. The highest BCUT2D eigenvalue weighted by molar-refractivity contribution is 5.97. The predicted molar refractivity (Wildman–Crippen MR) is 69.4 cm³/mol. The van der Waals surface area contributed by atoms with Crippen molar-refractivity contribution in [3.05, 3.63) is 29.3 Å². The number of hydrogen-bond acceptors (Lipinski definition) is 3. The van der Waals surface area contributed by atoms with Crippen LogP contribution < -0.4 is 4.74 Å². The number of hydrogen-bond donors (Lipinski definition) is 1. The third-order valence-corrected chi connectivity index (χ3v) is 3.29. The van der Waals surface area contributed by atoms with Gasteiger partial charge in [0.2, 0.25) is 0 Å². The van der Waals surface area contributed by atoms with E-state index in [1.807, 2.05) is 13.0 Å². The summed E-state index contributed by atoms with van der Waals surface area (Å²) in [7, 11) is 1.53. The quantitative estimate of drug-likeness (QED) is 0.895. The average Bonchev–Trinajstić information content (AvgIpc) is 2.32. The van der Waals surface area contributed by atoms with E-state index in [0.717, 1.165) is 5.56 Å². The Morgan fingerprint density at radius 3 is 2.68 bits per heavy atom.